The van der Waals surface area contributed by atoms with E-state index in [1.54, 1.807) is 34.3 Å². The summed E-state index contributed by atoms with van der Waals surface area (Å²) in [5.74, 6) is 0.582. The Kier molecular flexibility index (Phi) is 5.49. The molecule has 1 atom stereocenters. The molecule has 0 radical (unpaired) electrons. The fraction of sp³-hybridized carbons (Fsp3) is 0.318. The smallest absolute Gasteiger partial charge is 0.260 e. The van der Waals surface area contributed by atoms with E-state index >= 15 is 0 Å². The number of anilines is 1. The van der Waals surface area contributed by atoms with Crippen molar-refractivity contribution in [2.45, 2.75) is 25.8 Å². The Morgan fingerprint density at radius 2 is 2.10 bits per heavy atom. The first-order valence-electron chi connectivity index (χ1n) is 9.67. The average Bonchev–Trinajstić information content (AvgIpc) is 3.37. The van der Waals surface area contributed by atoms with E-state index in [9.17, 15) is 9.59 Å². The van der Waals surface area contributed by atoms with Crippen LogP contribution < -0.4 is 9.64 Å². The highest BCUT2D eigenvalue weighted by molar-refractivity contribution is 7.18. The van der Waals surface area contributed by atoms with Gasteiger partial charge in [0.2, 0.25) is 5.91 Å². The van der Waals surface area contributed by atoms with Crippen LogP contribution in [0.1, 0.15) is 30.8 Å². The van der Waals surface area contributed by atoms with Gasteiger partial charge in [-0.2, -0.15) is 0 Å². The maximum atomic E-state index is 12.7. The van der Waals surface area contributed by atoms with Crippen molar-refractivity contribution in [1.29, 1.82) is 0 Å². The van der Waals surface area contributed by atoms with Gasteiger partial charge < -0.3 is 14.5 Å². The molecule has 29 heavy (non-hydrogen) atoms. The highest BCUT2D eigenvalue weighted by Gasteiger charge is 2.23. The van der Waals surface area contributed by atoms with Crippen LogP contribution >= 0.6 is 11.3 Å². The normalized spacial score (nSPS) is 15.0. The van der Waals surface area contributed by atoms with Gasteiger partial charge >= 0.3 is 0 Å². The van der Waals surface area contributed by atoms with Crippen LogP contribution in [0.4, 0.5) is 5.69 Å². The Morgan fingerprint density at radius 3 is 2.86 bits per heavy atom. The Hall–Kier alpha value is -2.93. The zero-order valence-corrected chi connectivity index (χ0v) is 17.3. The summed E-state index contributed by atoms with van der Waals surface area (Å²) in [6.07, 6.45) is 1.45. The highest BCUT2D eigenvalue weighted by atomic mass is 32.1. The predicted molar refractivity (Wildman–Crippen MR) is 114 cm³/mol. The number of fused-ring (bicyclic) bond motifs is 1. The van der Waals surface area contributed by atoms with Crippen LogP contribution in [0.5, 0.6) is 5.75 Å². The highest BCUT2D eigenvalue weighted by Crippen LogP contribution is 2.29. The number of rotatable bonds is 6. The number of para-hydroxylation sites is 1. The second-order valence-corrected chi connectivity index (χ2v) is 8.20. The zero-order valence-electron chi connectivity index (χ0n) is 16.5. The maximum absolute atomic E-state index is 12.7. The summed E-state index contributed by atoms with van der Waals surface area (Å²) in [5.41, 5.74) is 1.76. The molecule has 7 heteroatoms. The van der Waals surface area contributed by atoms with E-state index in [1.807, 2.05) is 49.4 Å². The predicted octanol–water partition coefficient (Wildman–Crippen LogP) is 4.02. The van der Waals surface area contributed by atoms with Crippen LogP contribution in [0.25, 0.3) is 10.2 Å². The molecule has 2 aromatic carbocycles. The Balaban J connectivity index is 1.39. The van der Waals surface area contributed by atoms with Crippen LogP contribution in [0.15, 0.2) is 48.5 Å². The van der Waals surface area contributed by atoms with Gasteiger partial charge in [-0.05, 0) is 37.6 Å². The summed E-state index contributed by atoms with van der Waals surface area (Å²) in [6, 6.07) is 15.2. The van der Waals surface area contributed by atoms with Gasteiger partial charge in [0.05, 0.1) is 16.3 Å². The lowest BCUT2D eigenvalue weighted by Crippen LogP contribution is -2.33. The second-order valence-electron chi connectivity index (χ2n) is 7.14. The van der Waals surface area contributed by atoms with Gasteiger partial charge in [0.15, 0.2) is 6.61 Å². The lowest BCUT2D eigenvalue weighted by Gasteiger charge is -2.23. The third kappa shape index (κ3) is 4.10. The minimum Gasteiger partial charge on any atom is -0.484 e. The third-order valence-electron chi connectivity index (χ3n) is 5.21. The van der Waals surface area contributed by atoms with Crippen molar-refractivity contribution in [1.82, 2.24) is 9.88 Å². The average molecular weight is 410 g/mol. The van der Waals surface area contributed by atoms with Gasteiger partial charge in [0.1, 0.15) is 10.8 Å². The van der Waals surface area contributed by atoms with Crippen molar-refractivity contribution in [3.63, 3.8) is 0 Å². The number of carbonyl (C=O) groups excluding carboxylic acids is 2. The number of carbonyl (C=O) groups is 2. The lowest BCUT2D eigenvalue weighted by atomic mass is 10.2. The molecule has 0 aliphatic carbocycles. The van der Waals surface area contributed by atoms with Crippen molar-refractivity contribution >= 4 is 39.1 Å². The molecule has 1 aliphatic rings. The largest absolute Gasteiger partial charge is 0.484 e. The number of benzene rings is 2. The number of amides is 2. The topological polar surface area (TPSA) is 62.7 Å². The Bertz CT molecular complexity index is 1020. The van der Waals surface area contributed by atoms with Gasteiger partial charge in [-0.15, -0.1) is 11.3 Å². The number of hydrogen-bond donors (Lipinski definition) is 0. The summed E-state index contributed by atoms with van der Waals surface area (Å²) < 4.78 is 6.83. The standard InChI is InChI=1S/C22H23N3O3S/c1-15(22-23-18-9-3-4-10-19(18)29-22)24(2)21(27)14-28-17-8-5-7-16(13-17)25-12-6-11-20(25)26/h3-5,7-10,13,15H,6,11-12,14H2,1-2H3. The SMILES string of the molecule is CC(c1nc2ccccc2s1)N(C)C(=O)COc1cccc(N2CCCC2=O)c1. The summed E-state index contributed by atoms with van der Waals surface area (Å²) in [7, 11) is 1.77. The molecule has 2 amide bonds. The first kappa shape index (κ1) is 19.4. The molecule has 3 aromatic rings. The van der Waals surface area contributed by atoms with Gasteiger partial charge in [-0.25, -0.2) is 4.98 Å². The van der Waals surface area contributed by atoms with E-state index in [-0.39, 0.29) is 24.5 Å². The molecule has 6 nitrogen and oxygen atoms in total. The molecule has 1 unspecified atom stereocenters. The minimum absolute atomic E-state index is 0.0663. The van der Waals surface area contributed by atoms with Gasteiger partial charge in [0.25, 0.3) is 5.91 Å². The number of likely N-dealkylation sites (N-methyl/N-ethyl adjacent to an activating group) is 1. The van der Waals surface area contributed by atoms with Crippen molar-refractivity contribution in [2.24, 2.45) is 0 Å². The molecule has 0 spiro atoms. The molecular formula is C22H23N3O3S. The van der Waals surface area contributed by atoms with Crippen molar-refractivity contribution < 1.29 is 14.3 Å². The van der Waals surface area contributed by atoms with Gasteiger partial charge in [-0.1, -0.05) is 18.2 Å². The van der Waals surface area contributed by atoms with Crippen LogP contribution in [0.3, 0.4) is 0 Å². The zero-order chi connectivity index (χ0) is 20.4. The van der Waals surface area contributed by atoms with Gasteiger partial charge in [0, 0.05) is 31.8 Å². The van der Waals surface area contributed by atoms with Gasteiger partial charge in [-0.3, -0.25) is 9.59 Å². The third-order valence-corrected chi connectivity index (χ3v) is 6.41. The van der Waals surface area contributed by atoms with Crippen LogP contribution in [0, 0.1) is 0 Å². The summed E-state index contributed by atoms with van der Waals surface area (Å²) in [4.78, 5) is 32.6. The van der Waals surface area contributed by atoms with Crippen LogP contribution in [-0.2, 0) is 9.59 Å². The number of aromatic nitrogens is 1. The summed E-state index contributed by atoms with van der Waals surface area (Å²) in [5, 5.41) is 0.900. The van der Waals surface area contributed by atoms with E-state index < -0.39 is 0 Å². The van der Waals surface area contributed by atoms with E-state index in [0.29, 0.717) is 12.2 Å². The summed E-state index contributed by atoms with van der Waals surface area (Å²) in [6.45, 7) is 2.63. The van der Waals surface area contributed by atoms with Crippen molar-refractivity contribution in [3.8, 4) is 5.75 Å². The fourth-order valence-corrected chi connectivity index (χ4v) is 4.42. The Labute approximate surface area is 173 Å². The molecule has 1 fully saturated rings. The van der Waals surface area contributed by atoms with Crippen LogP contribution in [-0.4, -0.2) is 41.9 Å². The minimum atomic E-state index is -0.142. The fourth-order valence-electron chi connectivity index (χ4n) is 3.36. The first-order chi connectivity index (χ1) is 14.0. The molecule has 2 heterocycles. The van der Waals surface area contributed by atoms with E-state index in [1.165, 1.54) is 0 Å². The van der Waals surface area contributed by atoms with Crippen molar-refractivity contribution in [3.05, 3.63) is 53.5 Å². The molecule has 1 saturated heterocycles. The van der Waals surface area contributed by atoms with E-state index in [4.69, 9.17) is 4.74 Å². The molecule has 0 saturated carbocycles. The summed E-state index contributed by atoms with van der Waals surface area (Å²) >= 11 is 1.60. The number of ether oxygens (including phenoxy) is 1. The number of thiazole rings is 1. The maximum Gasteiger partial charge on any atom is 0.260 e. The van der Waals surface area contributed by atoms with Crippen molar-refractivity contribution in [2.75, 3.05) is 25.1 Å². The first-order valence-corrected chi connectivity index (χ1v) is 10.5. The second kappa shape index (κ2) is 8.21. The quantitative estimate of drug-likeness (QED) is 0.617. The lowest BCUT2D eigenvalue weighted by molar-refractivity contribution is -0.134. The molecule has 150 valence electrons. The Morgan fingerprint density at radius 1 is 1.28 bits per heavy atom. The van der Waals surface area contributed by atoms with Crippen LogP contribution in [0.2, 0.25) is 0 Å². The molecule has 0 bridgehead atoms. The molecule has 0 N–H and O–H groups in total. The van der Waals surface area contributed by atoms with E-state index in [2.05, 4.69) is 4.98 Å². The molecule has 1 aliphatic heterocycles. The number of hydrogen-bond acceptors (Lipinski definition) is 5. The monoisotopic (exact) mass is 409 g/mol. The molecular weight excluding hydrogens is 386 g/mol. The van der Waals surface area contributed by atoms with E-state index in [0.717, 1.165) is 33.9 Å². The number of nitrogens with zero attached hydrogens (tertiary/aromatic N) is 3. The molecule has 1 aromatic heterocycles. The molecule has 4 rings (SSSR count).